The van der Waals surface area contributed by atoms with E-state index in [1.807, 2.05) is 12.1 Å². The molecule has 2 N–H and O–H groups in total. The van der Waals surface area contributed by atoms with Gasteiger partial charge in [-0.25, -0.2) is 0 Å². The maximum atomic E-state index is 11.7. The van der Waals surface area contributed by atoms with Gasteiger partial charge in [-0.1, -0.05) is 18.2 Å². The monoisotopic (exact) mass is 234 g/mol. The molecule has 1 atom stereocenters. The second-order valence-electron chi connectivity index (χ2n) is 4.21. The molecule has 1 aliphatic heterocycles. The highest BCUT2D eigenvalue weighted by Crippen LogP contribution is 2.32. The van der Waals surface area contributed by atoms with E-state index in [0.29, 0.717) is 19.6 Å². The van der Waals surface area contributed by atoms with Crippen LogP contribution in [0.2, 0.25) is 0 Å². The van der Waals surface area contributed by atoms with E-state index in [1.165, 1.54) is 5.56 Å². The van der Waals surface area contributed by atoms with Crippen LogP contribution in [-0.4, -0.2) is 32.7 Å². The van der Waals surface area contributed by atoms with Gasteiger partial charge >= 0.3 is 0 Å². The average Bonchev–Trinajstić information content (AvgIpc) is 2.73. The predicted octanol–water partition coefficient (Wildman–Crippen LogP) is 1.35. The first-order chi connectivity index (χ1) is 8.31. The minimum Gasteiger partial charge on any atom is -0.384 e. The van der Waals surface area contributed by atoms with Crippen molar-refractivity contribution in [3.05, 3.63) is 29.8 Å². The summed E-state index contributed by atoms with van der Waals surface area (Å²) in [4.78, 5) is 11.7. The fourth-order valence-corrected chi connectivity index (χ4v) is 2.13. The molecule has 0 fully saturated rings. The largest absolute Gasteiger partial charge is 0.384 e. The number of rotatable bonds is 5. The summed E-state index contributed by atoms with van der Waals surface area (Å²) in [5.74, 6) is 0.374. The maximum Gasteiger partial charge on any atom is 0.220 e. The number of benzene rings is 1. The van der Waals surface area contributed by atoms with Crippen molar-refractivity contribution in [1.29, 1.82) is 0 Å². The molecule has 0 aromatic heterocycles. The fraction of sp³-hybridized carbons (Fsp3) is 0.462. The molecule has 2 rings (SSSR count). The summed E-state index contributed by atoms with van der Waals surface area (Å²) in [6, 6.07) is 8.16. The lowest BCUT2D eigenvalue weighted by atomic mass is 9.98. The van der Waals surface area contributed by atoms with E-state index in [1.54, 1.807) is 7.11 Å². The number of para-hydroxylation sites is 1. The van der Waals surface area contributed by atoms with Gasteiger partial charge in [0.2, 0.25) is 5.91 Å². The molecule has 0 bridgehead atoms. The van der Waals surface area contributed by atoms with Crippen LogP contribution in [0.25, 0.3) is 0 Å². The first-order valence-electron chi connectivity index (χ1n) is 5.89. The third-order valence-corrected chi connectivity index (χ3v) is 3.00. The van der Waals surface area contributed by atoms with Crippen molar-refractivity contribution in [3.63, 3.8) is 0 Å². The summed E-state index contributed by atoms with van der Waals surface area (Å²) < 4.78 is 4.89. The normalized spacial score (nSPS) is 17.4. The number of hydrogen-bond donors (Lipinski definition) is 2. The molecule has 1 unspecified atom stereocenters. The van der Waals surface area contributed by atoms with Crippen LogP contribution in [0.1, 0.15) is 17.9 Å². The Balaban J connectivity index is 1.87. The molecule has 1 aromatic carbocycles. The van der Waals surface area contributed by atoms with E-state index < -0.39 is 0 Å². The third kappa shape index (κ3) is 2.97. The Morgan fingerprint density at radius 3 is 3.18 bits per heavy atom. The Bertz CT molecular complexity index is 393. The minimum atomic E-state index is 0.0885. The number of anilines is 1. The van der Waals surface area contributed by atoms with Gasteiger partial charge in [0.25, 0.3) is 0 Å². The number of methoxy groups -OCH3 is 1. The molecule has 4 nitrogen and oxygen atoms in total. The summed E-state index contributed by atoms with van der Waals surface area (Å²) >= 11 is 0. The SMILES string of the molecule is COCCNC(=O)CC1CNc2ccccc21. The lowest BCUT2D eigenvalue weighted by molar-refractivity contribution is -0.121. The number of carbonyl (C=O) groups is 1. The Kier molecular flexibility index (Phi) is 3.98. The highest BCUT2D eigenvalue weighted by atomic mass is 16.5. The lowest BCUT2D eigenvalue weighted by Gasteiger charge is -2.10. The standard InChI is InChI=1S/C13H18N2O2/c1-17-7-6-14-13(16)8-10-9-15-12-5-3-2-4-11(10)12/h2-5,10,15H,6-9H2,1H3,(H,14,16). The van der Waals surface area contributed by atoms with Gasteiger partial charge in [-0.3, -0.25) is 4.79 Å². The van der Waals surface area contributed by atoms with Gasteiger partial charge in [-0.05, 0) is 11.6 Å². The van der Waals surface area contributed by atoms with Gasteiger partial charge in [-0.15, -0.1) is 0 Å². The van der Waals surface area contributed by atoms with Crippen LogP contribution >= 0.6 is 0 Å². The molecular weight excluding hydrogens is 216 g/mol. The molecule has 0 radical (unpaired) electrons. The minimum absolute atomic E-state index is 0.0885. The predicted molar refractivity (Wildman–Crippen MR) is 67.2 cm³/mol. The second-order valence-corrected chi connectivity index (χ2v) is 4.21. The van der Waals surface area contributed by atoms with Crippen molar-refractivity contribution in [2.75, 3.05) is 32.1 Å². The summed E-state index contributed by atoms with van der Waals surface area (Å²) in [6.07, 6.45) is 0.535. The van der Waals surface area contributed by atoms with E-state index >= 15 is 0 Å². The smallest absolute Gasteiger partial charge is 0.220 e. The van der Waals surface area contributed by atoms with Gasteiger partial charge < -0.3 is 15.4 Å². The molecule has 0 saturated carbocycles. The van der Waals surface area contributed by atoms with Crippen molar-refractivity contribution in [3.8, 4) is 0 Å². The van der Waals surface area contributed by atoms with Gasteiger partial charge in [0.15, 0.2) is 0 Å². The summed E-state index contributed by atoms with van der Waals surface area (Å²) in [5, 5.41) is 6.17. The zero-order valence-corrected chi connectivity index (χ0v) is 10.0. The molecule has 0 aliphatic carbocycles. The highest BCUT2D eigenvalue weighted by Gasteiger charge is 2.23. The van der Waals surface area contributed by atoms with Gasteiger partial charge in [0.1, 0.15) is 0 Å². The molecule has 0 spiro atoms. The number of fused-ring (bicyclic) bond motifs is 1. The lowest BCUT2D eigenvalue weighted by Crippen LogP contribution is -2.28. The molecule has 1 aromatic rings. The summed E-state index contributed by atoms with van der Waals surface area (Å²) in [5.41, 5.74) is 2.40. The number of hydrogen-bond acceptors (Lipinski definition) is 3. The Labute approximate surface area is 101 Å². The molecule has 0 saturated heterocycles. The van der Waals surface area contributed by atoms with Gasteiger partial charge in [0, 0.05) is 38.2 Å². The van der Waals surface area contributed by atoms with Crippen molar-refractivity contribution in [2.45, 2.75) is 12.3 Å². The van der Waals surface area contributed by atoms with Crippen LogP contribution in [0.15, 0.2) is 24.3 Å². The Morgan fingerprint density at radius 1 is 1.53 bits per heavy atom. The topological polar surface area (TPSA) is 50.4 Å². The van der Waals surface area contributed by atoms with Crippen LogP contribution < -0.4 is 10.6 Å². The highest BCUT2D eigenvalue weighted by molar-refractivity contribution is 5.78. The molecule has 17 heavy (non-hydrogen) atoms. The number of ether oxygens (including phenoxy) is 1. The zero-order valence-electron chi connectivity index (χ0n) is 10.0. The van der Waals surface area contributed by atoms with Crippen LogP contribution in [0.4, 0.5) is 5.69 Å². The number of nitrogens with one attached hydrogen (secondary N) is 2. The molecule has 1 heterocycles. The Hall–Kier alpha value is -1.55. The second kappa shape index (κ2) is 5.68. The molecule has 1 amide bonds. The van der Waals surface area contributed by atoms with E-state index in [2.05, 4.69) is 22.8 Å². The maximum absolute atomic E-state index is 11.7. The number of carbonyl (C=O) groups excluding carboxylic acids is 1. The molecule has 92 valence electrons. The first kappa shape index (κ1) is 11.9. The fourth-order valence-electron chi connectivity index (χ4n) is 2.13. The molecule has 1 aliphatic rings. The summed E-state index contributed by atoms with van der Waals surface area (Å²) in [7, 11) is 1.63. The van der Waals surface area contributed by atoms with Crippen LogP contribution in [0.5, 0.6) is 0 Å². The quantitative estimate of drug-likeness (QED) is 0.756. The van der Waals surface area contributed by atoms with Crippen molar-refractivity contribution >= 4 is 11.6 Å². The Morgan fingerprint density at radius 2 is 2.35 bits per heavy atom. The van der Waals surface area contributed by atoms with Crippen LogP contribution in [0, 0.1) is 0 Å². The van der Waals surface area contributed by atoms with E-state index in [4.69, 9.17) is 4.74 Å². The van der Waals surface area contributed by atoms with E-state index in [0.717, 1.165) is 12.2 Å². The zero-order chi connectivity index (χ0) is 12.1. The average molecular weight is 234 g/mol. The van der Waals surface area contributed by atoms with Crippen molar-refractivity contribution < 1.29 is 9.53 Å². The van der Waals surface area contributed by atoms with Crippen LogP contribution in [0.3, 0.4) is 0 Å². The van der Waals surface area contributed by atoms with E-state index in [-0.39, 0.29) is 11.8 Å². The van der Waals surface area contributed by atoms with Crippen molar-refractivity contribution in [1.82, 2.24) is 5.32 Å². The first-order valence-corrected chi connectivity index (χ1v) is 5.89. The summed E-state index contributed by atoms with van der Waals surface area (Å²) in [6.45, 7) is 1.99. The molecule has 4 heteroatoms. The van der Waals surface area contributed by atoms with Crippen LogP contribution in [-0.2, 0) is 9.53 Å². The number of amides is 1. The third-order valence-electron chi connectivity index (χ3n) is 3.00. The van der Waals surface area contributed by atoms with Gasteiger partial charge in [0.05, 0.1) is 6.61 Å². The molecular formula is C13H18N2O2. The van der Waals surface area contributed by atoms with E-state index in [9.17, 15) is 4.79 Å². The van der Waals surface area contributed by atoms with Gasteiger partial charge in [-0.2, -0.15) is 0 Å². The van der Waals surface area contributed by atoms with Crippen molar-refractivity contribution in [2.24, 2.45) is 0 Å².